The van der Waals surface area contributed by atoms with Gasteiger partial charge in [-0.3, -0.25) is 0 Å². The van der Waals surface area contributed by atoms with Gasteiger partial charge >= 0.3 is 0 Å². The van der Waals surface area contributed by atoms with E-state index in [9.17, 15) is 5.11 Å². The largest absolute Gasteiger partial charge is 0.393 e. The number of aliphatic hydroxyl groups is 1. The minimum absolute atomic E-state index is 0.110. The molecule has 0 spiro atoms. The van der Waals surface area contributed by atoms with E-state index in [0.29, 0.717) is 18.3 Å². The molecular weight excluding hydrogens is 232 g/mol. The minimum atomic E-state index is -0.493. The second kappa shape index (κ2) is 6.85. The predicted octanol–water partition coefficient (Wildman–Crippen LogP) is 2.68. The average Bonchev–Trinajstić information content (AvgIpc) is 2.75. The van der Waals surface area contributed by atoms with E-state index in [0.717, 1.165) is 6.42 Å². The lowest BCUT2D eigenvalue weighted by Crippen LogP contribution is -2.15. The van der Waals surface area contributed by atoms with Crippen molar-refractivity contribution >= 4 is 0 Å². The lowest BCUT2D eigenvalue weighted by molar-refractivity contribution is 0.0217. The number of nitrogens with zero attached hydrogens (tertiary/aromatic N) is 2. The zero-order valence-corrected chi connectivity index (χ0v) is 11.9. The van der Waals surface area contributed by atoms with Crippen LogP contribution in [0.25, 0.3) is 0 Å². The number of ether oxygens (including phenoxy) is 1. The third kappa shape index (κ3) is 3.53. The standard InChI is InChI=1S/C13H24N2O3/c1-6-10(9(5)16)13-14-12(15-18-13)11(8(3)4)17-7-2/h8-11,16H,6-7H2,1-5H3. The summed E-state index contributed by atoms with van der Waals surface area (Å²) in [7, 11) is 0. The second-order valence-electron chi connectivity index (χ2n) is 4.87. The monoisotopic (exact) mass is 256 g/mol. The van der Waals surface area contributed by atoms with Gasteiger partial charge in [0, 0.05) is 6.61 Å². The van der Waals surface area contributed by atoms with Gasteiger partial charge in [0.1, 0.15) is 6.10 Å². The fourth-order valence-corrected chi connectivity index (χ4v) is 1.98. The van der Waals surface area contributed by atoms with Crippen LogP contribution in [-0.2, 0) is 4.74 Å². The molecule has 1 heterocycles. The Morgan fingerprint density at radius 2 is 1.94 bits per heavy atom. The Hall–Kier alpha value is -0.940. The van der Waals surface area contributed by atoms with Crippen molar-refractivity contribution in [1.82, 2.24) is 10.1 Å². The van der Waals surface area contributed by atoms with Crippen molar-refractivity contribution in [3.05, 3.63) is 11.7 Å². The van der Waals surface area contributed by atoms with Gasteiger partial charge in [0.05, 0.1) is 12.0 Å². The van der Waals surface area contributed by atoms with Crippen LogP contribution in [0.1, 0.15) is 64.8 Å². The molecule has 0 radical (unpaired) electrons. The molecule has 0 amide bonds. The summed E-state index contributed by atoms with van der Waals surface area (Å²) in [6, 6.07) is 0. The van der Waals surface area contributed by atoms with Gasteiger partial charge in [0.25, 0.3) is 0 Å². The summed E-state index contributed by atoms with van der Waals surface area (Å²) in [5.41, 5.74) is 0. The molecule has 5 heteroatoms. The molecule has 0 saturated carbocycles. The van der Waals surface area contributed by atoms with E-state index >= 15 is 0 Å². The molecular formula is C13H24N2O3. The van der Waals surface area contributed by atoms with Crippen LogP contribution in [0.15, 0.2) is 4.52 Å². The maximum absolute atomic E-state index is 9.67. The first-order valence-corrected chi connectivity index (χ1v) is 6.64. The summed E-state index contributed by atoms with van der Waals surface area (Å²) >= 11 is 0. The van der Waals surface area contributed by atoms with Crippen LogP contribution in [0.2, 0.25) is 0 Å². The summed E-state index contributed by atoms with van der Waals surface area (Å²) in [4.78, 5) is 4.38. The smallest absolute Gasteiger partial charge is 0.232 e. The van der Waals surface area contributed by atoms with Gasteiger partial charge in [-0.25, -0.2) is 0 Å². The highest BCUT2D eigenvalue weighted by molar-refractivity contribution is 4.99. The molecule has 0 saturated heterocycles. The van der Waals surface area contributed by atoms with Crippen molar-refractivity contribution < 1.29 is 14.4 Å². The normalized spacial score (nSPS) is 16.8. The lowest BCUT2D eigenvalue weighted by atomic mass is 10.0. The Balaban J connectivity index is 2.89. The van der Waals surface area contributed by atoms with E-state index in [1.54, 1.807) is 6.92 Å². The molecule has 0 aromatic carbocycles. The molecule has 0 fully saturated rings. The van der Waals surface area contributed by atoms with Crippen LogP contribution in [0.3, 0.4) is 0 Å². The van der Waals surface area contributed by atoms with Crippen LogP contribution in [-0.4, -0.2) is 28.0 Å². The highest BCUT2D eigenvalue weighted by atomic mass is 16.5. The van der Waals surface area contributed by atoms with Gasteiger partial charge in [-0.2, -0.15) is 4.98 Å². The first-order valence-electron chi connectivity index (χ1n) is 6.64. The third-order valence-corrected chi connectivity index (χ3v) is 3.00. The Bertz CT molecular complexity index is 350. The van der Waals surface area contributed by atoms with E-state index in [1.807, 2.05) is 13.8 Å². The van der Waals surface area contributed by atoms with Crippen molar-refractivity contribution in [1.29, 1.82) is 0 Å². The zero-order chi connectivity index (χ0) is 13.7. The predicted molar refractivity (Wildman–Crippen MR) is 68.2 cm³/mol. The number of hydrogen-bond donors (Lipinski definition) is 1. The second-order valence-corrected chi connectivity index (χ2v) is 4.87. The molecule has 0 aliphatic rings. The summed E-state index contributed by atoms with van der Waals surface area (Å²) in [5, 5.41) is 13.7. The quantitative estimate of drug-likeness (QED) is 0.812. The first-order chi connectivity index (χ1) is 8.51. The fraction of sp³-hybridized carbons (Fsp3) is 0.846. The SMILES string of the molecule is CCOC(c1noc(C(CC)C(C)O)n1)C(C)C. The average molecular weight is 256 g/mol. The van der Waals surface area contributed by atoms with E-state index in [1.165, 1.54) is 0 Å². The van der Waals surface area contributed by atoms with Crippen LogP contribution in [0, 0.1) is 5.92 Å². The van der Waals surface area contributed by atoms with Gasteiger partial charge in [-0.15, -0.1) is 0 Å². The zero-order valence-electron chi connectivity index (χ0n) is 11.9. The van der Waals surface area contributed by atoms with Gasteiger partial charge < -0.3 is 14.4 Å². The lowest BCUT2D eigenvalue weighted by Gasteiger charge is -2.16. The Morgan fingerprint density at radius 1 is 1.28 bits per heavy atom. The molecule has 3 unspecified atom stereocenters. The van der Waals surface area contributed by atoms with Gasteiger partial charge in [0.2, 0.25) is 11.7 Å². The van der Waals surface area contributed by atoms with Crippen LogP contribution in [0.5, 0.6) is 0 Å². The highest BCUT2D eigenvalue weighted by Gasteiger charge is 2.26. The summed E-state index contributed by atoms with van der Waals surface area (Å²) < 4.78 is 10.9. The topological polar surface area (TPSA) is 68.4 Å². The third-order valence-electron chi connectivity index (χ3n) is 3.00. The van der Waals surface area contributed by atoms with Gasteiger partial charge in [0.15, 0.2) is 0 Å². The molecule has 5 nitrogen and oxygen atoms in total. The number of aliphatic hydroxyl groups excluding tert-OH is 1. The van der Waals surface area contributed by atoms with Gasteiger partial charge in [-0.1, -0.05) is 25.9 Å². The van der Waals surface area contributed by atoms with E-state index in [2.05, 4.69) is 24.0 Å². The number of rotatable bonds is 7. The van der Waals surface area contributed by atoms with Gasteiger partial charge in [-0.05, 0) is 26.2 Å². The maximum atomic E-state index is 9.67. The minimum Gasteiger partial charge on any atom is -0.393 e. The Labute approximate surface area is 109 Å². The van der Waals surface area contributed by atoms with E-state index in [4.69, 9.17) is 9.26 Å². The van der Waals surface area contributed by atoms with Crippen LogP contribution in [0.4, 0.5) is 0 Å². The molecule has 3 atom stereocenters. The van der Waals surface area contributed by atoms with Crippen LogP contribution >= 0.6 is 0 Å². The summed E-state index contributed by atoms with van der Waals surface area (Å²) in [6.07, 6.45) is 0.118. The molecule has 1 N–H and O–H groups in total. The number of aromatic nitrogens is 2. The maximum Gasteiger partial charge on any atom is 0.232 e. The van der Waals surface area contributed by atoms with E-state index in [-0.39, 0.29) is 17.9 Å². The van der Waals surface area contributed by atoms with Crippen molar-refractivity contribution in [2.75, 3.05) is 6.61 Å². The first kappa shape index (κ1) is 15.1. The molecule has 1 aromatic rings. The fourth-order valence-electron chi connectivity index (χ4n) is 1.98. The van der Waals surface area contributed by atoms with Crippen molar-refractivity contribution in [3.8, 4) is 0 Å². The molecule has 0 aliphatic carbocycles. The molecule has 1 aromatic heterocycles. The summed E-state index contributed by atoms with van der Waals surface area (Å²) in [6.45, 7) is 10.4. The molecule has 104 valence electrons. The molecule has 18 heavy (non-hydrogen) atoms. The van der Waals surface area contributed by atoms with Crippen LogP contribution < -0.4 is 0 Å². The Kier molecular flexibility index (Phi) is 5.75. The van der Waals surface area contributed by atoms with Crippen molar-refractivity contribution in [3.63, 3.8) is 0 Å². The molecule has 0 aliphatic heterocycles. The number of hydrogen-bond acceptors (Lipinski definition) is 5. The summed E-state index contributed by atoms with van der Waals surface area (Å²) in [5.74, 6) is 1.23. The van der Waals surface area contributed by atoms with Crippen molar-refractivity contribution in [2.45, 2.75) is 59.2 Å². The Morgan fingerprint density at radius 3 is 2.39 bits per heavy atom. The van der Waals surface area contributed by atoms with E-state index < -0.39 is 6.10 Å². The highest BCUT2D eigenvalue weighted by Crippen LogP contribution is 2.27. The van der Waals surface area contributed by atoms with Crippen molar-refractivity contribution in [2.24, 2.45) is 5.92 Å². The molecule has 1 rings (SSSR count). The molecule has 0 bridgehead atoms.